The third kappa shape index (κ3) is 2.64. The third-order valence-electron chi connectivity index (χ3n) is 1.92. The lowest BCUT2D eigenvalue weighted by Gasteiger charge is -2.05. The van der Waals surface area contributed by atoms with E-state index in [0.29, 0.717) is 11.1 Å². The Labute approximate surface area is 87.8 Å². The first-order valence-electron chi connectivity index (χ1n) is 4.31. The van der Waals surface area contributed by atoms with Gasteiger partial charge in [-0.25, -0.2) is 0 Å². The number of aryl methyl sites for hydroxylation is 1. The summed E-state index contributed by atoms with van der Waals surface area (Å²) in [6.07, 6.45) is 0. The van der Waals surface area contributed by atoms with E-state index in [1.54, 1.807) is 18.2 Å². The lowest BCUT2D eigenvalue weighted by Crippen LogP contribution is -2.02. The van der Waals surface area contributed by atoms with Crippen LogP contribution in [0.1, 0.15) is 21.5 Å². The Morgan fingerprint density at radius 2 is 2.40 bits per heavy atom. The molecule has 0 aliphatic heterocycles. The van der Waals surface area contributed by atoms with Crippen LogP contribution in [0, 0.1) is 18.3 Å². The Balaban J connectivity index is 3.09. The summed E-state index contributed by atoms with van der Waals surface area (Å²) in [5.41, 5.74) is 1.92. The highest BCUT2D eigenvalue weighted by Gasteiger charge is 2.11. The standard InChI is InChI=1S/C11H10N2O2/c1-8-3-4-9(7-15-13-2)10(5-8)11(14)6-12/h3-5H,2,7H2,1H3. The second kappa shape index (κ2) is 4.91. The van der Waals surface area contributed by atoms with Gasteiger partial charge in [0.1, 0.15) is 12.7 Å². The Morgan fingerprint density at radius 3 is 3.00 bits per heavy atom. The molecule has 0 amide bonds. The molecular weight excluding hydrogens is 192 g/mol. The second-order valence-electron chi connectivity index (χ2n) is 3.00. The lowest BCUT2D eigenvalue weighted by molar-refractivity contribution is 0.104. The number of nitriles is 1. The number of carbonyl (C=O) groups is 1. The summed E-state index contributed by atoms with van der Waals surface area (Å²) in [5.74, 6) is -0.568. The number of Topliss-reactive ketones (excluding diaryl/α,β-unsaturated/α-hetero) is 1. The molecule has 0 unspecified atom stereocenters. The molecule has 0 fully saturated rings. The monoisotopic (exact) mass is 202 g/mol. The molecule has 0 heterocycles. The number of rotatable bonds is 4. The minimum atomic E-state index is -0.568. The molecule has 76 valence electrons. The molecule has 0 aliphatic carbocycles. The molecule has 0 atom stereocenters. The van der Waals surface area contributed by atoms with Gasteiger partial charge in [0, 0.05) is 17.8 Å². The van der Waals surface area contributed by atoms with Gasteiger partial charge in [0.25, 0.3) is 5.78 Å². The number of hydrogen-bond donors (Lipinski definition) is 0. The van der Waals surface area contributed by atoms with Gasteiger partial charge in [0.15, 0.2) is 0 Å². The number of ketones is 1. The molecule has 0 aliphatic rings. The maximum atomic E-state index is 11.3. The summed E-state index contributed by atoms with van der Waals surface area (Å²) in [7, 11) is 0. The zero-order valence-electron chi connectivity index (χ0n) is 8.36. The Kier molecular flexibility index (Phi) is 3.58. The van der Waals surface area contributed by atoms with Crippen molar-refractivity contribution in [2.75, 3.05) is 0 Å². The summed E-state index contributed by atoms with van der Waals surface area (Å²) >= 11 is 0. The molecule has 15 heavy (non-hydrogen) atoms. The van der Waals surface area contributed by atoms with Gasteiger partial charge >= 0.3 is 0 Å². The highest BCUT2D eigenvalue weighted by Crippen LogP contribution is 2.13. The highest BCUT2D eigenvalue weighted by molar-refractivity contribution is 6.08. The Bertz CT molecular complexity index is 433. The number of nitrogens with zero attached hydrogens (tertiary/aromatic N) is 2. The molecule has 4 heteroatoms. The first-order valence-corrected chi connectivity index (χ1v) is 4.31. The fourth-order valence-corrected chi connectivity index (χ4v) is 1.20. The van der Waals surface area contributed by atoms with Crippen molar-refractivity contribution in [3.63, 3.8) is 0 Å². The van der Waals surface area contributed by atoms with E-state index in [9.17, 15) is 4.79 Å². The van der Waals surface area contributed by atoms with Gasteiger partial charge in [-0.2, -0.15) is 5.26 Å². The van der Waals surface area contributed by atoms with Crippen molar-refractivity contribution in [3.05, 3.63) is 34.9 Å². The normalized spacial score (nSPS) is 9.07. The van der Waals surface area contributed by atoms with Crippen molar-refractivity contribution in [1.82, 2.24) is 0 Å². The van der Waals surface area contributed by atoms with Crippen molar-refractivity contribution >= 4 is 12.5 Å². The van der Waals surface area contributed by atoms with E-state index in [0.717, 1.165) is 5.56 Å². The molecule has 0 saturated carbocycles. The van der Waals surface area contributed by atoms with Crippen LogP contribution >= 0.6 is 0 Å². The maximum Gasteiger partial charge on any atom is 0.262 e. The minimum absolute atomic E-state index is 0.145. The van der Waals surface area contributed by atoms with Crippen molar-refractivity contribution < 1.29 is 9.63 Å². The summed E-state index contributed by atoms with van der Waals surface area (Å²) in [4.78, 5) is 16.0. The van der Waals surface area contributed by atoms with E-state index in [4.69, 9.17) is 10.1 Å². The van der Waals surface area contributed by atoms with E-state index in [-0.39, 0.29) is 6.61 Å². The number of hydrogen-bond acceptors (Lipinski definition) is 4. The van der Waals surface area contributed by atoms with Crippen LogP contribution in [0.2, 0.25) is 0 Å². The molecular formula is C11H10N2O2. The van der Waals surface area contributed by atoms with E-state index in [2.05, 4.69) is 11.9 Å². The summed E-state index contributed by atoms with van der Waals surface area (Å²) in [6.45, 7) is 5.16. The smallest absolute Gasteiger partial charge is 0.262 e. The quantitative estimate of drug-likeness (QED) is 0.324. The van der Waals surface area contributed by atoms with Gasteiger partial charge in [0.2, 0.25) is 0 Å². The molecule has 0 spiro atoms. The Morgan fingerprint density at radius 1 is 1.67 bits per heavy atom. The number of oxime groups is 1. The largest absolute Gasteiger partial charge is 0.391 e. The molecule has 0 radical (unpaired) electrons. The van der Waals surface area contributed by atoms with E-state index < -0.39 is 5.78 Å². The van der Waals surface area contributed by atoms with Crippen LogP contribution in [0.4, 0.5) is 0 Å². The molecule has 0 saturated heterocycles. The van der Waals surface area contributed by atoms with E-state index in [1.165, 1.54) is 0 Å². The van der Waals surface area contributed by atoms with Crippen LogP contribution in [-0.2, 0) is 11.4 Å². The summed E-state index contributed by atoms with van der Waals surface area (Å²) in [6, 6.07) is 6.83. The molecule has 0 aromatic heterocycles. The molecule has 0 N–H and O–H groups in total. The van der Waals surface area contributed by atoms with E-state index >= 15 is 0 Å². The van der Waals surface area contributed by atoms with Crippen LogP contribution in [0.3, 0.4) is 0 Å². The van der Waals surface area contributed by atoms with Crippen LogP contribution in [0.15, 0.2) is 23.4 Å². The molecule has 0 bridgehead atoms. The zero-order valence-corrected chi connectivity index (χ0v) is 8.36. The van der Waals surface area contributed by atoms with Crippen molar-refractivity contribution in [3.8, 4) is 6.07 Å². The van der Waals surface area contributed by atoms with Gasteiger partial charge in [-0.1, -0.05) is 17.7 Å². The average Bonchev–Trinajstić information content (AvgIpc) is 2.26. The SMILES string of the molecule is C=NOCc1ccc(C)cc1C(=O)C#N. The topological polar surface area (TPSA) is 62.4 Å². The minimum Gasteiger partial charge on any atom is -0.391 e. The number of benzene rings is 1. The molecule has 1 aromatic rings. The van der Waals surface area contributed by atoms with Gasteiger partial charge in [-0.3, -0.25) is 4.79 Å². The van der Waals surface area contributed by atoms with Crippen LogP contribution < -0.4 is 0 Å². The van der Waals surface area contributed by atoms with Crippen LogP contribution in [-0.4, -0.2) is 12.5 Å². The first kappa shape index (κ1) is 10.9. The molecule has 1 rings (SSSR count). The predicted octanol–water partition coefficient (Wildman–Crippen LogP) is 1.83. The fourth-order valence-electron chi connectivity index (χ4n) is 1.20. The Hall–Kier alpha value is -2.15. The molecule has 1 aromatic carbocycles. The van der Waals surface area contributed by atoms with E-state index in [1.807, 2.05) is 13.0 Å². The highest BCUT2D eigenvalue weighted by atomic mass is 16.6. The van der Waals surface area contributed by atoms with Crippen molar-refractivity contribution in [1.29, 1.82) is 5.26 Å². The first-order chi connectivity index (χ1) is 7.19. The zero-order chi connectivity index (χ0) is 11.3. The average molecular weight is 202 g/mol. The molecule has 4 nitrogen and oxygen atoms in total. The lowest BCUT2D eigenvalue weighted by atomic mass is 10.0. The van der Waals surface area contributed by atoms with Gasteiger partial charge in [-0.15, -0.1) is 5.16 Å². The predicted molar refractivity (Wildman–Crippen MR) is 55.5 cm³/mol. The third-order valence-corrected chi connectivity index (χ3v) is 1.92. The van der Waals surface area contributed by atoms with Crippen molar-refractivity contribution in [2.45, 2.75) is 13.5 Å². The number of carbonyl (C=O) groups excluding carboxylic acids is 1. The summed E-state index contributed by atoms with van der Waals surface area (Å²) in [5, 5.41) is 11.8. The fraction of sp³-hybridized carbons (Fsp3) is 0.182. The summed E-state index contributed by atoms with van der Waals surface area (Å²) < 4.78 is 0. The van der Waals surface area contributed by atoms with Gasteiger partial charge < -0.3 is 4.84 Å². The van der Waals surface area contributed by atoms with Gasteiger partial charge in [0.05, 0.1) is 0 Å². The van der Waals surface area contributed by atoms with Crippen LogP contribution in [0.5, 0.6) is 0 Å². The maximum absolute atomic E-state index is 11.3. The van der Waals surface area contributed by atoms with Gasteiger partial charge in [-0.05, 0) is 13.0 Å². The van der Waals surface area contributed by atoms with Crippen LogP contribution in [0.25, 0.3) is 0 Å². The second-order valence-corrected chi connectivity index (χ2v) is 3.00. The van der Waals surface area contributed by atoms with Crippen molar-refractivity contribution in [2.24, 2.45) is 5.16 Å².